The summed E-state index contributed by atoms with van der Waals surface area (Å²) >= 11 is 0. The lowest BCUT2D eigenvalue weighted by atomic mass is 10.1. The van der Waals surface area contributed by atoms with Crippen LogP contribution in [0.1, 0.15) is 39.5 Å². The lowest BCUT2D eigenvalue weighted by Crippen LogP contribution is -2.24. The third-order valence-corrected chi connectivity index (χ3v) is 3.06. The van der Waals surface area contributed by atoms with Crippen molar-refractivity contribution < 1.29 is 29.6 Å². The van der Waals surface area contributed by atoms with Crippen molar-refractivity contribution in [2.75, 3.05) is 7.11 Å². The lowest BCUT2D eigenvalue weighted by Gasteiger charge is -2.11. The van der Waals surface area contributed by atoms with E-state index < -0.39 is 12.2 Å². The molecule has 0 aromatic carbocycles. The topological polar surface area (TPSA) is 96.2 Å². The van der Waals surface area contributed by atoms with Crippen LogP contribution in [-0.2, 0) is 14.3 Å². The van der Waals surface area contributed by atoms with Gasteiger partial charge in [-0.15, -0.1) is 0 Å². The van der Waals surface area contributed by atoms with E-state index in [1.807, 2.05) is 6.92 Å². The van der Waals surface area contributed by atoms with Gasteiger partial charge in [0.15, 0.2) is 6.29 Å². The molecule has 1 fully saturated rings. The Morgan fingerprint density at radius 3 is 2.25 bits per heavy atom. The van der Waals surface area contributed by atoms with Gasteiger partial charge in [0.25, 0.3) is 0 Å². The van der Waals surface area contributed by atoms with E-state index in [1.165, 1.54) is 0 Å². The molecule has 0 radical (unpaired) electrons. The molecule has 0 aromatic heterocycles. The second kappa shape index (κ2) is 12.6. The van der Waals surface area contributed by atoms with Crippen LogP contribution >= 0.6 is 9.90 Å². The normalized spacial score (nSPS) is 27.8. The average Bonchev–Trinajstić information content (AvgIpc) is 2.79. The van der Waals surface area contributed by atoms with Gasteiger partial charge in [-0.2, -0.15) is 9.90 Å². The van der Waals surface area contributed by atoms with Crippen LogP contribution in [-0.4, -0.2) is 59.4 Å². The quantitative estimate of drug-likeness (QED) is 0.482. The number of carbonyl (C=O) groups excluding carboxylic acids is 1. The van der Waals surface area contributed by atoms with E-state index in [0.717, 1.165) is 6.42 Å². The zero-order chi connectivity index (χ0) is 14.8. The molecule has 0 saturated carbocycles. The minimum absolute atomic E-state index is 0. The molecule has 122 valence electrons. The highest BCUT2D eigenvalue weighted by atomic mass is 31.0. The predicted molar refractivity (Wildman–Crippen MR) is 80.7 cm³/mol. The molecule has 6 atom stereocenters. The summed E-state index contributed by atoms with van der Waals surface area (Å²) in [4.78, 5) is 9.76. The van der Waals surface area contributed by atoms with Gasteiger partial charge in [-0.1, -0.05) is 13.8 Å². The van der Waals surface area contributed by atoms with Gasteiger partial charge < -0.3 is 29.6 Å². The van der Waals surface area contributed by atoms with Crippen molar-refractivity contribution in [2.45, 2.75) is 70.2 Å². The summed E-state index contributed by atoms with van der Waals surface area (Å²) in [5, 5.41) is 27.0. The molecule has 0 aliphatic carbocycles. The van der Waals surface area contributed by atoms with Crippen molar-refractivity contribution in [3.05, 3.63) is 0 Å². The molecule has 7 heteroatoms. The second-order valence-electron chi connectivity index (χ2n) is 4.50. The van der Waals surface area contributed by atoms with Crippen molar-refractivity contribution in [1.82, 2.24) is 0 Å². The fourth-order valence-corrected chi connectivity index (χ4v) is 1.74. The van der Waals surface area contributed by atoms with Crippen molar-refractivity contribution in [1.29, 1.82) is 0 Å². The van der Waals surface area contributed by atoms with Gasteiger partial charge in [0.05, 0.1) is 24.4 Å². The van der Waals surface area contributed by atoms with Crippen LogP contribution < -0.4 is 0 Å². The van der Waals surface area contributed by atoms with Crippen molar-refractivity contribution in [2.24, 2.45) is 0 Å². The van der Waals surface area contributed by atoms with Crippen molar-refractivity contribution in [3.63, 3.8) is 0 Å². The van der Waals surface area contributed by atoms with E-state index in [-0.39, 0.29) is 34.8 Å². The first-order valence-corrected chi connectivity index (χ1v) is 6.66. The van der Waals surface area contributed by atoms with Gasteiger partial charge in [-0.3, -0.25) is 0 Å². The molecule has 6 nitrogen and oxygen atoms in total. The Morgan fingerprint density at radius 2 is 1.95 bits per heavy atom. The summed E-state index contributed by atoms with van der Waals surface area (Å²) in [7, 11) is 1.59. The maximum absolute atomic E-state index is 9.76. The highest BCUT2D eigenvalue weighted by molar-refractivity contribution is 6.92. The number of aldehydes is 1. The fourth-order valence-electron chi connectivity index (χ4n) is 1.74. The van der Waals surface area contributed by atoms with E-state index in [9.17, 15) is 9.90 Å². The maximum Gasteiger partial charge on any atom is 0.160 e. The zero-order valence-electron chi connectivity index (χ0n) is 12.6. The van der Waals surface area contributed by atoms with Gasteiger partial charge in [0.1, 0.15) is 6.29 Å². The fraction of sp³-hybridized carbons (Fsp3) is 0.923. The smallest absolute Gasteiger partial charge is 0.160 e. The number of methoxy groups -OCH3 is 1. The zero-order valence-corrected chi connectivity index (χ0v) is 14.0. The number of carbonyl (C=O) groups is 1. The Bertz CT molecular complexity index is 241. The van der Waals surface area contributed by atoms with Crippen LogP contribution in [0.5, 0.6) is 0 Å². The minimum Gasteiger partial charge on any atom is -0.390 e. The Hall–Kier alpha value is -0.100. The van der Waals surface area contributed by atoms with Gasteiger partial charge in [-0.05, 0) is 12.8 Å². The number of aliphatic hydroxyl groups is 3. The van der Waals surface area contributed by atoms with Gasteiger partial charge in [-0.25, -0.2) is 0 Å². The average molecular weight is 312 g/mol. The summed E-state index contributed by atoms with van der Waals surface area (Å²) in [6.07, 6.45) is 0.367. The number of ether oxygens (including phenoxy) is 2. The van der Waals surface area contributed by atoms with Crippen LogP contribution in [0, 0.1) is 0 Å². The van der Waals surface area contributed by atoms with Gasteiger partial charge in [0, 0.05) is 20.0 Å². The Balaban J connectivity index is 0. The molecular weight excluding hydrogens is 283 g/mol. The molecule has 0 aromatic rings. The third-order valence-electron chi connectivity index (χ3n) is 3.06. The highest BCUT2D eigenvalue weighted by Crippen LogP contribution is 2.22. The first-order valence-electron chi connectivity index (χ1n) is 6.66. The van der Waals surface area contributed by atoms with Crippen LogP contribution in [0.25, 0.3) is 0 Å². The lowest BCUT2D eigenvalue weighted by molar-refractivity contribution is -0.117. The second-order valence-corrected chi connectivity index (χ2v) is 4.50. The van der Waals surface area contributed by atoms with Crippen LogP contribution in [0.2, 0.25) is 0 Å². The molecule has 20 heavy (non-hydrogen) atoms. The van der Waals surface area contributed by atoms with Gasteiger partial charge in [0.2, 0.25) is 0 Å². The number of aliphatic hydroxyl groups excluding tert-OH is 3. The largest absolute Gasteiger partial charge is 0.390 e. The number of rotatable bonds is 6. The molecule has 1 rings (SSSR count). The van der Waals surface area contributed by atoms with Crippen LogP contribution in [0.3, 0.4) is 0 Å². The molecule has 0 spiro atoms. The third kappa shape index (κ3) is 8.25. The molecular formula is C13H29O6P. The molecule has 1 aliphatic heterocycles. The Kier molecular flexibility index (Phi) is 14.0. The van der Waals surface area contributed by atoms with Crippen molar-refractivity contribution in [3.8, 4) is 0 Å². The minimum atomic E-state index is -0.882. The summed E-state index contributed by atoms with van der Waals surface area (Å²) in [5.41, 5.74) is 0. The molecule has 3 N–H and O–H groups in total. The number of hydrogen-bond donors (Lipinski definition) is 3. The monoisotopic (exact) mass is 312 g/mol. The summed E-state index contributed by atoms with van der Waals surface area (Å²) in [5.74, 6) is 0. The Morgan fingerprint density at radius 1 is 1.35 bits per heavy atom. The Labute approximate surface area is 124 Å². The summed E-state index contributed by atoms with van der Waals surface area (Å²) in [6, 6.07) is 0. The molecule has 0 bridgehead atoms. The first kappa shape index (κ1) is 22.2. The first-order chi connectivity index (χ1) is 8.99. The van der Waals surface area contributed by atoms with E-state index in [4.69, 9.17) is 19.7 Å². The SMILES string of the molecule is CC[C@@H]1O[C@H](OC)C[C@@H]1O.CC[C@H](O)[C@H](O)CC=O.P. The maximum atomic E-state index is 9.76. The molecule has 1 saturated heterocycles. The predicted octanol–water partition coefficient (Wildman–Crippen LogP) is 0.284. The van der Waals surface area contributed by atoms with Gasteiger partial charge >= 0.3 is 0 Å². The molecule has 1 aliphatic rings. The summed E-state index contributed by atoms with van der Waals surface area (Å²) in [6.45, 7) is 3.74. The van der Waals surface area contributed by atoms with Crippen LogP contribution in [0.4, 0.5) is 0 Å². The van der Waals surface area contributed by atoms with E-state index >= 15 is 0 Å². The van der Waals surface area contributed by atoms with Crippen molar-refractivity contribution >= 4 is 16.2 Å². The molecule has 1 heterocycles. The molecule has 0 amide bonds. The molecule has 1 unspecified atom stereocenters. The number of hydrogen-bond acceptors (Lipinski definition) is 6. The van der Waals surface area contributed by atoms with E-state index in [1.54, 1.807) is 14.0 Å². The summed E-state index contributed by atoms with van der Waals surface area (Å²) < 4.78 is 10.2. The van der Waals surface area contributed by atoms with E-state index in [2.05, 4.69) is 0 Å². The van der Waals surface area contributed by atoms with Crippen LogP contribution in [0.15, 0.2) is 0 Å². The van der Waals surface area contributed by atoms with E-state index in [0.29, 0.717) is 19.1 Å². The highest BCUT2D eigenvalue weighted by Gasteiger charge is 2.32. The standard InChI is InChI=1S/C7H14O3.C6H12O3.H3P/c1-3-6-5(8)4-7(9-2)10-6;1-2-5(8)6(9)3-4-7;/h5-8H,3-4H2,1-2H3;4-6,8-9H,2-3H2,1H3;1H3/t5-,6-,7-;5-,6+;/m00./s1.